The zero-order valence-corrected chi connectivity index (χ0v) is 11.2. The first-order valence-corrected chi connectivity index (χ1v) is 6.74. The van der Waals surface area contributed by atoms with Crippen LogP contribution in [0, 0.1) is 0 Å². The van der Waals surface area contributed by atoms with E-state index in [-0.39, 0.29) is 0 Å². The van der Waals surface area contributed by atoms with Gasteiger partial charge in [-0.1, -0.05) is 0 Å². The van der Waals surface area contributed by atoms with Gasteiger partial charge in [0.2, 0.25) is 0 Å². The number of aryl methyl sites for hydroxylation is 3. The molecule has 0 bridgehead atoms. The number of hydrogen-bond donors (Lipinski definition) is 0. The number of aromatic nitrogens is 5. The number of fused-ring (bicyclic) bond motifs is 1. The maximum Gasteiger partial charge on any atom is 0.111 e. The minimum absolute atomic E-state index is 0.568. The molecule has 0 unspecified atom stereocenters. The van der Waals surface area contributed by atoms with E-state index in [4.69, 9.17) is 11.6 Å². The van der Waals surface area contributed by atoms with E-state index in [1.807, 2.05) is 23.0 Å². The van der Waals surface area contributed by atoms with Gasteiger partial charge in [-0.15, -0.1) is 11.6 Å². The van der Waals surface area contributed by atoms with E-state index >= 15 is 0 Å². The predicted molar refractivity (Wildman–Crippen MR) is 74.2 cm³/mol. The molecule has 0 saturated heterocycles. The molecule has 3 aromatic rings. The number of nitrogens with zero attached hydrogens (tertiary/aromatic N) is 5. The lowest BCUT2D eigenvalue weighted by molar-refractivity contribution is 0.530. The lowest BCUT2D eigenvalue weighted by atomic mass is 10.4. The van der Waals surface area contributed by atoms with Gasteiger partial charge in [0.1, 0.15) is 11.3 Å². The Kier molecular flexibility index (Phi) is 3.46. The third-order valence-electron chi connectivity index (χ3n) is 3.06. The Morgan fingerprint density at radius 3 is 2.95 bits per heavy atom. The molecular formula is C13H14ClN5. The van der Waals surface area contributed by atoms with Crippen molar-refractivity contribution in [3.63, 3.8) is 0 Å². The van der Waals surface area contributed by atoms with Gasteiger partial charge in [0.05, 0.1) is 18.3 Å². The first-order valence-electron chi connectivity index (χ1n) is 6.21. The minimum atomic E-state index is 0.568. The molecule has 0 aliphatic rings. The monoisotopic (exact) mass is 275 g/mol. The topological polar surface area (TPSA) is 48.5 Å². The second kappa shape index (κ2) is 5.40. The van der Waals surface area contributed by atoms with Gasteiger partial charge in [0, 0.05) is 37.4 Å². The average molecular weight is 276 g/mol. The Labute approximate surface area is 115 Å². The van der Waals surface area contributed by atoms with Crippen LogP contribution in [0.3, 0.4) is 0 Å². The van der Waals surface area contributed by atoms with Crippen LogP contribution in [-0.2, 0) is 19.5 Å². The molecule has 3 aromatic heterocycles. The molecule has 3 heterocycles. The number of imidazole rings is 1. The summed E-state index contributed by atoms with van der Waals surface area (Å²) in [6, 6.07) is 3.92. The van der Waals surface area contributed by atoms with E-state index in [2.05, 4.69) is 19.6 Å². The van der Waals surface area contributed by atoms with Crippen LogP contribution < -0.4 is 0 Å². The van der Waals surface area contributed by atoms with Gasteiger partial charge in [0.25, 0.3) is 0 Å². The zero-order chi connectivity index (χ0) is 13.1. The lowest BCUT2D eigenvalue weighted by Gasteiger charge is -2.08. The van der Waals surface area contributed by atoms with Crippen LogP contribution in [0.4, 0.5) is 0 Å². The quantitative estimate of drug-likeness (QED) is 0.670. The van der Waals surface area contributed by atoms with Crippen LogP contribution in [0.15, 0.2) is 36.9 Å². The lowest BCUT2D eigenvalue weighted by Crippen LogP contribution is -2.11. The standard InChI is InChI=1S/C13H14ClN5/c14-4-2-13-17-11-10-15-6-3-12(11)19(13)9-8-18-7-1-5-16-18/h1,3,5-7,10H,2,4,8-9H2. The molecule has 0 fully saturated rings. The van der Waals surface area contributed by atoms with Crippen LogP contribution in [0.1, 0.15) is 5.82 Å². The molecule has 0 aliphatic heterocycles. The second-order valence-corrected chi connectivity index (χ2v) is 4.63. The Hall–Kier alpha value is -1.88. The molecule has 3 rings (SSSR count). The third kappa shape index (κ3) is 2.46. The van der Waals surface area contributed by atoms with Crippen molar-refractivity contribution < 1.29 is 0 Å². The van der Waals surface area contributed by atoms with Gasteiger partial charge >= 0.3 is 0 Å². The van der Waals surface area contributed by atoms with Gasteiger partial charge < -0.3 is 4.57 Å². The summed E-state index contributed by atoms with van der Waals surface area (Å²) in [5.41, 5.74) is 2.02. The fourth-order valence-corrected chi connectivity index (χ4v) is 2.36. The first-order chi connectivity index (χ1) is 9.38. The highest BCUT2D eigenvalue weighted by Crippen LogP contribution is 2.15. The zero-order valence-electron chi connectivity index (χ0n) is 10.4. The molecule has 0 atom stereocenters. The normalized spacial score (nSPS) is 11.2. The third-order valence-corrected chi connectivity index (χ3v) is 3.25. The maximum absolute atomic E-state index is 5.85. The summed E-state index contributed by atoms with van der Waals surface area (Å²) in [4.78, 5) is 8.70. The predicted octanol–water partition coefficient (Wildman–Crippen LogP) is 2.11. The van der Waals surface area contributed by atoms with Crippen molar-refractivity contribution in [1.29, 1.82) is 0 Å². The summed E-state index contributed by atoms with van der Waals surface area (Å²) in [6.07, 6.45) is 8.09. The molecule has 98 valence electrons. The minimum Gasteiger partial charge on any atom is -0.326 e. The van der Waals surface area contributed by atoms with E-state index in [0.29, 0.717) is 5.88 Å². The van der Waals surface area contributed by atoms with E-state index in [1.54, 1.807) is 18.6 Å². The van der Waals surface area contributed by atoms with Gasteiger partial charge in [-0.3, -0.25) is 9.67 Å². The largest absolute Gasteiger partial charge is 0.326 e. The second-order valence-electron chi connectivity index (χ2n) is 4.25. The average Bonchev–Trinajstić information content (AvgIpc) is 3.04. The molecule has 0 aliphatic carbocycles. The van der Waals surface area contributed by atoms with Gasteiger partial charge in [0.15, 0.2) is 0 Å². The molecule has 6 heteroatoms. The van der Waals surface area contributed by atoms with Crippen LogP contribution >= 0.6 is 11.6 Å². The molecule has 19 heavy (non-hydrogen) atoms. The molecule has 0 N–H and O–H groups in total. The van der Waals surface area contributed by atoms with Gasteiger partial charge in [-0.25, -0.2) is 4.98 Å². The number of alkyl halides is 1. The van der Waals surface area contributed by atoms with Crippen molar-refractivity contribution in [1.82, 2.24) is 24.3 Å². The molecule has 5 nitrogen and oxygen atoms in total. The summed E-state index contributed by atoms with van der Waals surface area (Å²) < 4.78 is 4.11. The van der Waals surface area contributed by atoms with Gasteiger partial charge in [-0.2, -0.15) is 5.10 Å². The van der Waals surface area contributed by atoms with E-state index in [9.17, 15) is 0 Å². The summed E-state index contributed by atoms with van der Waals surface area (Å²) in [6.45, 7) is 1.64. The van der Waals surface area contributed by atoms with Crippen molar-refractivity contribution in [3.05, 3.63) is 42.7 Å². The summed E-state index contributed by atoms with van der Waals surface area (Å²) in [7, 11) is 0. The molecule has 0 amide bonds. The fourth-order valence-electron chi connectivity index (χ4n) is 2.19. The Morgan fingerprint density at radius 2 is 2.16 bits per heavy atom. The number of pyridine rings is 1. The molecule has 0 spiro atoms. The van der Waals surface area contributed by atoms with Crippen molar-refractivity contribution >= 4 is 22.6 Å². The molecule has 0 aromatic carbocycles. The fraction of sp³-hybridized carbons (Fsp3) is 0.308. The molecular weight excluding hydrogens is 262 g/mol. The van der Waals surface area contributed by atoms with Gasteiger partial charge in [-0.05, 0) is 12.1 Å². The Bertz CT molecular complexity index is 659. The van der Waals surface area contributed by atoms with E-state index in [1.165, 1.54) is 0 Å². The Balaban J connectivity index is 1.92. The highest BCUT2D eigenvalue weighted by molar-refractivity contribution is 6.17. The summed E-state index contributed by atoms with van der Waals surface area (Å²) in [5, 5.41) is 4.22. The smallest absolute Gasteiger partial charge is 0.111 e. The molecule has 0 saturated carbocycles. The number of hydrogen-bond acceptors (Lipinski definition) is 3. The highest BCUT2D eigenvalue weighted by atomic mass is 35.5. The van der Waals surface area contributed by atoms with E-state index < -0.39 is 0 Å². The van der Waals surface area contributed by atoms with Crippen molar-refractivity contribution in [3.8, 4) is 0 Å². The van der Waals surface area contributed by atoms with Crippen LogP contribution in [0.5, 0.6) is 0 Å². The highest BCUT2D eigenvalue weighted by Gasteiger charge is 2.10. The summed E-state index contributed by atoms with van der Waals surface area (Å²) >= 11 is 5.85. The number of halogens is 1. The molecule has 0 radical (unpaired) electrons. The summed E-state index contributed by atoms with van der Waals surface area (Å²) in [5.74, 6) is 1.57. The number of rotatable bonds is 5. The van der Waals surface area contributed by atoms with Crippen molar-refractivity contribution in [2.24, 2.45) is 0 Å². The van der Waals surface area contributed by atoms with E-state index in [0.717, 1.165) is 36.4 Å². The first kappa shape index (κ1) is 12.2. The van der Waals surface area contributed by atoms with Crippen LogP contribution in [0.25, 0.3) is 11.0 Å². The van der Waals surface area contributed by atoms with Crippen LogP contribution in [-0.4, -0.2) is 30.2 Å². The SMILES string of the molecule is ClCCc1nc2cnccc2n1CCn1cccn1. The van der Waals surface area contributed by atoms with Crippen molar-refractivity contribution in [2.45, 2.75) is 19.5 Å². The Morgan fingerprint density at radius 1 is 1.21 bits per heavy atom. The van der Waals surface area contributed by atoms with Crippen LogP contribution in [0.2, 0.25) is 0 Å². The maximum atomic E-state index is 5.85. The van der Waals surface area contributed by atoms with Crippen molar-refractivity contribution in [2.75, 3.05) is 5.88 Å².